The molecule has 0 aliphatic heterocycles. The summed E-state index contributed by atoms with van der Waals surface area (Å²) in [6.45, 7) is -0.486. The molecule has 3 aromatic rings. The highest BCUT2D eigenvalue weighted by Gasteiger charge is 2.26. The number of amides is 1. The second kappa shape index (κ2) is 7.15. The van der Waals surface area contributed by atoms with E-state index in [1.165, 1.54) is 12.3 Å². The number of nitrogens with one attached hydrogen (secondary N) is 1. The Morgan fingerprint density at radius 3 is 2.52 bits per heavy atom. The lowest BCUT2D eigenvalue weighted by atomic mass is 10.3. The lowest BCUT2D eigenvalue weighted by Crippen LogP contribution is -2.25. The van der Waals surface area contributed by atoms with Crippen LogP contribution in [0, 0.1) is 0 Å². The molecule has 0 saturated heterocycles. The number of carbonyl (C=O) groups excluding carboxylic acids is 1. The monoisotopic (exact) mass is 399 g/mol. The number of hydrogen-bond acceptors (Lipinski definition) is 7. The molecule has 2 heterocycles. The molecule has 12 heteroatoms. The van der Waals surface area contributed by atoms with E-state index in [-0.39, 0.29) is 17.3 Å². The Bertz CT molecular complexity index is 1100. The molecule has 0 spiro atoms. The SMILES string of the molecule is O=C(Cn1nc(-c2ccco2)oc1=O)Nc1ccc(S(=O)(=O)C(F)F)cc1. The summed E-state index contributed by atoms with van der Waals surface area (Å²) < 4.78 is 58.3. The van der Waals surface area contributed by atoms with Crippen molar-refractivity contribution >= 4 is 21.4 Å². The number of alkyl halides is 2. The Morgan fingerprint density at radius 1 is 1.22 bits per heavy atom. The van der Waals surface area contributed by atoms with E-state index in [0.717, 1.165) is 28.9 Å². The minimum Gasteiger partial charge on any atom is -0.459 e. The number of rotatable bonds is 6. The molecule has 1 amide bonds. The maximum atomic E-state index is 12.5. The molecule has 0 bridgehead atoms. The van der Waals surface area contributed by atoms with Gasteiger partial charge in [0.2, 0.25) is 15.7 Å². The average Bonchev–Trinajstić information content (AvgIpc) is 3.25. The molecule has 1 N–H and O–H groups in total. The number of carbonyl (C=O) groups is 1. The minimum atomic E-state index is -4.72. The van der Waals surface area contributed by atoms with Crippen molar-refractivity contribution in [2.24, 2.45) is 0 Å². The van der Waals surface area contributed by atoms with Gasteiger partial charge in [0.15, 0.2) is 5.76 Å². The van der Waals surface area contributed by atoms with Gasteiger partial charge in [-0.2, -0.15) is 13.5 Å². The van der Waals surface area contributed by atoms with Gasteiger partial charge in [0.25, 0.3) is 5.89 Å². The third-order valence-corrected chi connectivity index (χ3v) is 4.73. The topological polar surface area (TPSA) is 124 Å². The van der Waals surface area contributed by atoms with Gasteiger partial charge in [-0.25, -0.2) is 13.2 Å². The molecule has 0 atom stereocenters. The molecule has 0 unspecified atom stereocenters. The second-order valence-electron chi connectivity index (χ2n) is 5.19. The van der Waals surface area contributed by atoms with E-state index in [1.54, 1.807) is 6.07 Å². The van der Waals surface area contributed by atoms with E-state index in [0.29, 0.717) is 0 Å². The van der Waals surface area contributed by atoms with Crippen LogP contribution in [0.4, 0.5) is 14.5 Å². The molecule has 0 fully saturated rings. The molecule has 142 valence electrons. The lowest BCUT2D eigenvalue weighted by molar-refractivity contribution is -0.117. The molecule has 1 aromatic carbocycles. The smallest absolute Gasteiger partial charge is 0.437 e. The van der Waals surface area contributed by atoms with Crippen molar-refractivity contribution in [3.63, 3.8) is 0 Å². The highest BCUT2D eigenvalue weighted by Crippen LogP contribution is 2.20. The number of sulfone groups is 1. The Morgan fingerprint density at radius 2 is 1.93 bits per heavy atom. The van der Waals surface area contributed by atoms with E-state index in [4.69, 9.17) is 8.83 Å². The van der Waals surface area contributed by atoms with Gasteiger partial charge in [-0.3, -0.25) is 4.79 Å². The third kappa shape index (κ3) is 3.95. The van der Waals surface area contributed by atoms with Crippen molar-refractivity contribution in [1.82, 2.24) is 9.78 Å². The maximum Gasteiger partial charge on any atom is 0.437 e. The van der Waals surface area contributed by atoms with Gasteiger partial charge in [0.05, 0.1) is 11.2 Å². The molecular formula is C15H11F2N3O6S. The normalized spacial score (nSPS) is 11.7. The molecule has 0 aliphatic carbocycles. The zero-order chi connectivity index (χ0) is 19.6. The summed E-state index contributed by atoms with van der Waals surface area (Å²) in [6, 6.07) is 7.26. The zero-order valence-electron chi connectivity index (χ0n) is 13.3. The highest BCUT2D eigenvalue weighted by atomic mass is 32.2. The quantitative estimate of drug-likeness (QED) is 0.669. The van der Waals surface area contributed by atoms with Crippen LogP contribution in [0.3, 0.4) is 0 Å². The van der Waals surface area contributed by atoms with Gasteiger partial charge in [-0.15, -0.1) is 5.10 Å². The third-order valence-electron chi connectivity index (χ3n) is 3.33. The fourth-order valence-corrected chi connectivity index (χ4v) is 2.79. The highest BCUT2D eigenvalue weighted by molar-refractivity contribution is 7.91. The standard InChI is InChI=1S/C15H11F2N3O6S/c16-14(17)27(23,24)10-5-3-9(4-6-10)18-12(21)8-20-15(22)26-13(19-20)11-2-1-7-25-11/h1-7,14H,8H2,(H,18,21). The number of halogens is 2. The molecule has 9 nitrogen and oxygen atoms in total. The molecule has 3 rings (SSSR count). The molecule has 2 aromatic heterocycles. The van der Waals surface area contributed by atoms with E-state index in [1.807, 2.05) is 0 Å². The largest absolute Gasteiger partial charge is 0.459 e. The number of furan rings is 1. The Kier molecular flexibility index (Phi) is 4.90. The van der Waals surface area contributed by atoms with Crippen LogP contribution in [0.1, 0.15) is 0 Å². The van der Waals surface area contributed by atoms with Crippen molar-refractivity contribution < 1.29 is 30.8 Å². The fourth-order valence-electron chi connectivity index (χ4n) is 2.07. The molecular weight excluding hydrogens is 388 g/mol. The average molecular weight is 399 g/mol. The van der Waals surface area contributed by atoms with Crippen molar-refractivity contribution in [2.75, 3.05) is 5.32 Å². The van der Waals surface area contributed by atoms with Crippen LogP contribution in [0.15, 0.2) is 61.2 Å². The summed E-state index contributed by atoms with van der Waals surface area (Å²) in [5.41, 5.74) is 0.149. The van der Waals surface area contributed by atoms with E-state index in [2.05, 4.69) is 10.4 Å². The van der Waals surface area contributed by atoms with Crippen LogP contribution in [-0.4, -0.2) is 29.9 Å². The summed E-state index contributed by atoms with van der Waals surface area (Å²) in [4.78, 5) is 23.1. The van der Waals surface area contributed by atoms with Crippen LogP contribution >= 0.6 is 0 Å². The number of nitrogens with zero attached hydrogens (tertiary/aromatic N) is 2. The van der Waals surface area contributed by atoms with Crippen LogP contribution in [0.2, 0.25) is 0 Å². The van der Waals surface area contributed by atoms with Crippen molar-refractivity contribution in [1.29, 1.82) is 0 Å². The number of benzene rings is 1. The predicted molar refractivity (Wildman–Crippen MR) is 86.7 cm³/mol. The molecule has 27 heavy (non-hydrogen) atoms. The number of hydrogen-bond donors (Lipinski definition) is 1. The maximum absolute atomic E-state index is 12.5. The van der Waals surface area contributed by atoms with Crippen molar-refractivity contribution in [3.05, 3.63) is 53.2 Å². The summed E-state index contributed by atoms with van der Waals surface area (Å²) >= 11 is 0. The van der Waals surface area contributed by atoms with E-state index >= 15 is 0 Å². The van der Waals surface area contributed by atoms with Gasteiger partial charge >= 0.3 is 11.5 Å². The predicted octanol–water partition coefficient (Wildman–Crippen LogP) is 1.73. The first kappa shape index (κ1) is 18.5. The first-order valence-corrected chi connectivity index (χ1v) is 8.86. The Hall–Kier alpha value is -3.28. The fraction of sp³-hybridized carbons (Fsp3) is 0.133. The number of aromatic nitrogens is 2. The van der Waals surface area contributed by atoms with Crippen LogP contribution in [-0.2, 0) is 21.2 Å². The summed E-state index contributed by atoms with van der Waals surface area (Å²) in [5, 5.41) is 6.20. The Labute approximate surface area is 150 Å². The zero-order valence-corrected chi connectivity index (χ0v) is 14.2. The van der Waals surface area contributed by atoms with Crippen LogP contribution < -0.4 is 11.1 Å². The van der Waals surface area contributed by atoms with Gasteiger partial charge in [-0.05, 0) is 36.4 Å². The first-order valence-electron chi connectivity index (χ1n) is 7.31. The van der Waals surface area contributed by atoms with Crippen LogP contribution in [0.5, 0.6) is 0 Å². The second-order valence-corrected chi connectivity index (χ2v) is 7.10. The summed E-state index contributed by atoms with van der Waals surface area (Å²) in [5.74, 6) is -4.97. The van der Waals surface area contributed by atoms with Gasteiger partial charge < -0.3 is 14.2 Å². The molecule has 0 aliphatic rings. The lowest BCUT2D eigenvalue weighted by Gasteiger charge is -2.06. The van der Waals surface area contributed by atoms with Gasteiger partial charge in [-0.1, -0.05) is 0 Å². The summed E-state index contributed by atoms with van der Waals surface area (Å²) in [7, 11) is -4.72. The van der Waals surface area contributed by atoms with Crippen molar-refractivity contribution in [3.8, 4) is 11.7 Å². The van der Waals surface area contributed by atoms with Gasteiger partial charge in [0.1, 0.15) is 6.54 Å². The van der Waals surface area contributed by atoms with Crippen molar-refractivity contribution in [2.45, 2.75) is 17.2 Å². The number of anilines is 1. The van der Waals surface area contributed by atoms with Gasteiger partial charge in [0, 0.05) is 5.69 Å². The molecule has 0 saturated carbocycles. The Balaban J connectivity index is 1.69. The van der Waals surface area contributed by atoms with Crippen LogP contribution in [0.25, 0.3) is 11.7 Å². The van der Waals surface area contributed by atoms with E-state index < -0.39 is 38.7 Å². The molecule has 0 radical (unpaired) electrons. The minimum absolute atomic E-state index is 0.0978. The summed E-state index contributed by atoms with van der Waals surface area (Å²) in [6.07, 6.45) is 1.36. The first-order chi connectivity index (χ1) is 12.8. The van der Waals surface area contributed by atoms with E-state index in [9.17, 15) is 26.8 Å².